The fourth-order valence-electron chi connectivity index (χ4n) is 5.66. The van der Waals surface area contributed by atoms with Crippen molar-refractivity contribution in [2.75, 3.05) is 25.1 Å². The van der Waals surface area contributed by atoms with E-state index in [1.165, 1.54) is 6.42 Å². The van der Waals surface area contributed by atoms with Crippen LogP contribution in [0.25, 0.3) is 10.8 Å². The summed E-state index contributed by atoms with van der Waals surface area (Å²) in [5.74, 6) is -0.349. The van der Waals surface area contributed by atoms with Crippen molar-refractivity contribution >= 4 is 28.3 Å². The molecular formula is C33H34N2O4. The molecule has 1 fully saturated rings. The zero-order valence-electron chi connectivity index (χ0n) is 22.4. The van der Waals surface area contributed by atoms with E-state index in [9.17, 15) is 14.7 Å². The van der Waals surface area contributed by atoms with Crippen molar-refractivity contribution in [2.45, 2.75) is 38.6 Å². The van der Waals surface area contributed by atoms with Crippen molar-refractivity contribution in [1.82, 2.24) is 5.32 Å². The van der Waals surface area contributed by atoms with Crippen LogP contribution in [0.15, 0.2) is 78.9 Å². The first-order valence-electron chi connectivity index (χ1n) is 13.5. The Bertz CT molecular complexity index is 1490. The van der Waals surface area contributed by atoms with E-state index in [-0.39, 0.29) is 23.9 Å². The molecule has 4 aromatic rings. The molecule has 0 aliphatic carbocycles. The third-order valence-electron chi connectivity index (χ3n) is 7.64. The van der Waals surface area contributed by atoms with Crippen LogP contribution < -0.4 is 15.0 Å². The molecule has 200 valence electrons. The minimum absolute atomic E-state index is 0.128. The van der Waals surface area contributed by atoms with E-state index in [1.807, 2.05) is 42.5 Å². The van der Waals surface area contributed by atoms with Gasteiger partial charge in [0.15, 0.2) is 0 Å². The summed E-state index contributed by atoms with van der Waals surface area (Å²) in [6.45, 7) is 4.10. The fraction of sp³-hybridized carbons (Fsp3) is 0.273. The van der Waals surface area contributed by atoms with Crippen molar-refractivity contribution in [3.05, 3.63) is 107 Å². The Kier molecular flexibility index (Phi) is 7.82. The minimum atomic E-state index is -0.980. The summed E-state index contributed by atoms with van der Waals surface area (Å²) in [6, 6.07) is 24.5. The molecule has 6 heteroatoms. The molecule has 6 nitrogen and oxygen atoms in total. The van der Waals surface area contributed by atoms with Gasteiger partial charge in [0, 0.05) is 24.3 Å². The number of hydrogen-bond donors (Lipinski definition) is 2. The predicted octanol–water partition coefficient (Wildman–Crippen LogP) is 6.29. The smallest absolute Gasteiger partial charge is 0.336 e. The van der Waals surface area contributed by atoms with Gasteiger partial charge in [-0.05, 0) is 77.9 Å². The SMILES string of the molecule is COc1ccc(C(NC(=O)Cc2ccc(C(=O)O)c3ccccc23)c2c(C)cccc2N2CCCCC2)cc1. The lowest BCUT2D eigenvalue weighted by atomic mass is 9.91. The molecule has 1 heterocycles. The Morgan fingerprint density at radius 3 is 2.31 bits per heavy atom. The molecule has 1 saturated heterocycles. The number of piperidine rings is 1. The second kappa shape index (κ2) is 11.6. The number of nitrogens with zero attached hydrogens (tertiary/aromatic N) is 1. The van der Waals surface area contributed by atoms with Crippen LogP contribution in [0.1, 0.15) is 57.9 Å². The number of fused-ring (bicyclic) bond motifs is 1. The van der Waals surface area contributed by atoms with Crippen molar-refractivity contribution in [3.8, 4) is 5.75 Å². The van der Waals surface area contributed by atoms with Gasteiger partial charge in [-0.2, -0.15) is 0 Å². The summed E-state index contributed by atoms with van der Waals surface area (Å²) in [4.78, 5) is 27.9. The van der Waals surface area contributed by atoms with Crippen LogP contribution in [0.3, 0.4) is 0 Å². The molecule has 39 heavy (non-hydrogen) atoms. The number of hydrogen-bond acceptors (Lipinski definition) is 4. The number of nitrogens with one attached hydrogen (secondary N) is 1. The van der Waals surface area contributed by atoms with Crippen LogP contribution in [-0.4, -0.2) is 37.2 Å². The number of rotatable bonds is 8. The number of anilines is 1. The first-order valence-corrected chi connectivity index (χ1v) is 13.5. The highest BCUT2D eigenvalue weighted by Gasteiger charge is 2.25. The molecule has 5 rings (SSSR count). The van der Waals surface area contributed by atoms with Gasteiger partial charge in [-0.15, -0.1) is 0 Å². The summed E-state index contributed by atoms with van der Waals surface area (Å²) in [5.41, 5.74) is 5.38. The predicted molar refractivity (Wildman–Crippen MR) is 155 cm³/mol. The average molecular weight is 523 g/mol. The molecule has 1 aliphatic heterocycles. The number of aromatic carboxylic acids is 1. The molecule has 2 N–H and O–H groups in total. The zero-order valence-corrected chi connectivity index (χ0v) is 22.4. The normalized spacial score (nSPS) is 14.2. The van der Waals surface area contributed by atoms with Gasteiger partial charge in [0.1, 0.15) is 5.75 Å². The van der Waals surface area contributed by atoms with Crippen LogP contribution in [0.2, 0.25) is 0 Å². The standard InChI is InChI=1S/C33H34N2O4/c1-22-9-8-12-29(35-19-6-3-7-20-35)31(22)32(23-13-16-25(39-2)17-14-23)34-30(36)21-24-15-18-28(33(37)38)27-11-5-4-10-26(24)27/h4-5,8-18,32H,3,6-7,19-21H2,1-2H3,(H,34,36)(H,37,38). The van der Waals surface area contributed by atoms with Gasteiger partial charge >= 0.3 is 5.97 Å². The number of ether oxygens (including phenoxy) is 1. The molecule has 1 atom stereocenters. The number of carboxylic acid groups (broad SMARTS) is 1. The zero-order chi connectivity index (χ0) is 27.4. The van der Waals surface area contributed by atoms with Gasteiger partial charge in [-0.1, -0.05) is 54.6 Å². The highest BCUT2D eigenvalue weighted by atomic mass is 16.5. The van der Waals surface area contributed by atoms with E-state index in [0.29, 0.717) is 5.39 Å². The van der Waals surface area contributed by atoms with Gasteiger partial charge in [0.2, 0.25) is 5.91 Å². The monoisotopic (exact) mass is 522 g/mol. The number of amides is 1. The maximum atomic E-state index is 13.7. The average Bonchev–Trinajstić information content (AvgIpc) is 2.96. The van der Waals surface area contributed by atoms with Gasteiger partial charge in [-0.3, -0.25) is 4.79 Å². The van der Waals surface area contributed by atoms with E-state index in [1.54, 1.807) is 25.3 Å². The maximum Gasteiger partial charge on any atom is 0.336 e. The van der Waals surface area contributed by atoms with Crippen LogP contribution >= 0.6 is 0 Å². The molecule has 1 aliphatic rings. The second-order valence-electron chi connectivity index (χ2n) is 10.1. The molecule has 0 saturated carbocycles. The fourth-order valence-corrected chi connectivity index (χ4v) is 5.66. The lowest BCUT2D eigenvalue weighted by molar-refractivity contribution is -0.120. The van der Waals surface area contributed by atoms with Gasteiger partial charge in [-0.25, -0.2) is 4.79 Å². The minimum Gasteiger partial charge on any atom is -0.497 e. The third kappa shape index (κ3) is 5.60. The molecule has 0 spiro atoms. The number of aryl methyl sites for hydroxylation is 1. The van der Waals surface area contributed by atoms with Crippen molar-refractivity contribution < 1.29 is 19.4 Å². The lowest BCUT2D eigenvalue weighted by Gasteiger charge is -2.34. The summed E-state index contributed by atoms with van der Waals surface area (Å²) in [7, 11) is 1.64. The van der Waals surface area contributed by atoms with Crippen molar-refractivity contribution in [3.63, 3.8) is 0 Å². The van der Waals surface area contributed by atoms with Crippen LogP contribution in [0, 0.1) is 6.92 Å². The Morgan fingerprint density at radius 2 is 1.62 bits per heavy atom. The number of carbonyl (C=O) groups excluding carboxylic acids is 1. The van der Waals surface area contributed by atoms with E-state index in [0.717, 1.165) is 65.0 Å². The Balaban J connectivity index is 1.52. The molecular weight excluding hydrogens is 488 g/mol. The van der Waals surface area contributed by atoms with Gasteiger partial charge in [0.25, 0.3) is 0 Å². The van der Waals surface area contributed by atoms with E-state index < -0.39 is 5.97 Å². The highest BCUT2D eigenvalue weighted by Crippen LogP contribution is 2.36. The summed E-state index contributed by atoms with van der Waals surface area (Å²) < 4.78 is 5.39. The quantitative estimate of drug-likeness (QED) is 0.284. The first kappa shape index (κ1) is 26.3. The largest absolute Gasteiger partial charge is 0.497 e. The van der Waals surface area contributed by atoms with Gasteiger partial charge in [0.05, 0.1) is 25.1 Å². The van der Waals surface area contributed by atoms with E-state index >= 15 is 0 Å². The second-order valence-corrected chi connectivity index (χ2v) is 10.1. The Labute approximate surface area is 229 Å². The summed E-state index contributed by atoms with van der Waals surface area (Å²) in [5, 5.41) is 14.4. The molecule has 0 aromatic heterocycles. The number of methoxy groups -OCH3 is 1. The molecule has 4 aromatic carbocycles. The van der Waals surface area contributed by atoms with Gasteiger partial charge < -0.3 is 20.1 Å². The van der Waals surface area contributed by atoms with Crippen LogP contribution in [0.5, 0.6) is 5.75 Å². The summed E-state index contributed by atoms with van der Waals surface area (Å²) in [6.07, 6.45) is 3.70. The Morgan fingerprint density at radius 1 is 0.897 bits per heavy atom. The van der Waals surface area contributed by atoms with Crippen LogP contribution in [0.4, 0.5) is 5.69 Å². The van der Waals surface area contributed by atoms with E-state index in [2.05, 4.69) is 35.3 Å². The number of carbonyl (C=O) groups is 2. The molecule has 0 radical (unpaired) electrons. The first-order chi connectivity index (χ1) is 19.0. The lowest BCUT2D eigenvalue weighted by Crippen LogP contribution is -2.35. The molecule has 1 unspecified atom stereocenters. The highest BCUT2D eigenvalue weighted by molar-refractivity contribution is 6.05. The van der Waals surface area contributed by atoms with E-state index in [4.69, 9.17) is 4.74 Å². The van der Waals surface area contributed by atoms with Crippen LogP contribution in [-0.2, 0) is 11.2 Å². The van der Waals surface area contributed by atoms with Crippen molar-refractivity contribution in [2.24, 2.45) is 0 Å². The number of benzene rings is 4. The van der Waals surface area contributed by atoms with Crippen molar-refractivity contribution in [1.29, 1.82) is 0 Å². The number of carboxylic acids is 1. The maximum absolute atomic E-state index is 13.7. The molecule has 1 amide bonds. The Hall–Kier alpha value is -4.32. The topological polar surface area (TPSA) is 78.9 Å². The summed E-state index contributed by atoms with van der Waals surface area (Å²) >= 11 is 0. The third-order valence-corrected chi connectivity index (χ3v) is 7.64. The molecule has 0 bridgehead atoms.